The highest BCUT2D eigenvalue weighted by Crippen LogP contribution is 2.11. The number of hydrogen-bond donors (Lipinski definition) is 1. The molecular weight excluding hydrogens is 181 g/mol. The Kier molecular flexibility index (Phi) is 4.40. The highest BCUT2D eigenvalue weighted by atomic mass is 19.1. The van der Waals surface area contributed by atoms with Crippen LogP contribution in [0.3, 0.4) is 0 Å². The maximum atomic E-state index is 12.1. The monoisotopic (exact) mass is 197 g/mol. The summed E-state index contributed by atoms with van der Waals surface area (Å²) in [7, 11) is 0. The van der Waals surface area contributed by atoms with Crippen molar-refractivity contribution in [3.8, 4) is 5.75 Å². The normalized spacial score (nSPS) is 10.8. The first-order valence-corrected chi connectivity index (χ1v) is 4.82. The van der Waals surface area contributed by atoms with Gasteiger partial charge in [-0.3, -0.25) is 4.90 Å². The van der Waals surface area contributed by atoms with Crippen molar-refractivity contribution in [2.45, 2.75) is 13.5 Å². The number of benzene rings is 1. The van der Waals surface area contributed by atoms with Crippen molar-refractivity contribution in [1.82, 2.24) is 4.90 Å². The van der Waals surface area contributed by atoms with E-state index < -0.39 is 0 Å². The maximum Gasteiger partial charge on any atom is 0.115 e. The molecule has 14 heavy (non-hydrogen) atoms. The predicted octanol–water partition coefficient (Wildman–Crippen LogP) is 2.18. The molecule has 0 fully saturated rings. The number of phenolic OH excluding ortho intramolecular Hbond substituents is 1. The Morgan fingerprint density at radius 3 is 2.43 bits per heavy atom. The molecule has 0 aliphatic carbocycles. The van der Waals surface area contributed by atoms with Crippen LogP contribution in [0.5, 0.6) is 5.75 Å². The lowest BCUT2D eigenvalue weighted by atomic mass is 10.2. The number of nitrogens with zero attached hydrogens (tertiary/aromatic N) is 1. The Labute approximate surface area is 84.0 Å². The molecule has 1 N–H and O–H groups in total. The van der Waals surface area contributed by atoms with E-state index in [1.807, 2.05) is 24.0 Å². The van der Waals surface area contributed by atoms with Gasteiger partial charge in [-0.1, -0.05) is 19.1 Å². The van der Waals surface area contributed by atoms with Gasteiger partial charge < -0.3 is 5.11 Å². The van der Waals surface area contributed by atoms with E-state index in [1.54, 1.807) is 12.1 Å². The molecule has 0 atom stereocenters. The largest absolute Gasteiger partial charge is 0.508 e. The maximum absolute atomic E-state index is 12.1. The molecule has 2 nitrogen and oxygen atoms in total. The quantitative estimate of drug-likeness (QED) is 0.782. The summed E-state index contributed by atoms with van der Waals surface area (Å²) in [5, 5.41) is 9.08. The number of aromatic hydroxyl groups is 1. The van der Waals surface area contributed by atoms with E-state index >= 15 is 0 Å². The van der Waals surface area contributed by atoms with Gasteiger partial charge in [-0.2, -0.15) is 0 Å². The molecule has 3 heteroatoms. The van der Waals surface area contributed by atoms with Crippen molar-refractivity contribution >= 4 is 0 Å². The zero-order chi connectivity index (χ0) is 10.4. The predicted molar refractivity (Wildman–Crippen MR) is 55.0 cm³/mol. The Bertz CT molecular complexity index is 260. The second-order valence-electron chi connectivity index (χ2n) is 3.22. The number of phenols is 1. The van der Waals surface area contributed by atoms with Crippen LogP contribution in [0, 0.1) is 0 Å². The lowest BCUT2D eigenvalue weighted by Gasteiger charge is -2.18. The summed E-state index contributed by atoms with van der Waals surface area (Å²) in [6.45, 7) is 3.74. The Morgan fingerprint density at radius 1 is 1.29 bits per heavy atom. The van der Waals surface area contributed by atoms with E-state index in [0.29, 0.717) is 6.54 Å². The molecule has 1 rings (SSSR count). The van der Waals surface area contributed by atoms with Gasteiger partial charge in [0.25, 0.3) is 0 Å². The van der Waals surface area contributed by atoms with Crippen LogP contribution in [0.1, 0.15) is 12.5 Å². The van der Waals surface area contributed by atoms with Crippen LogP contribution in [0.2, 0.25) is 0 Å². The van der Waals surface area contributed by atoms with Crippen LogP contribution < -0.4 is 0 Å². The summed E-state index contributed by atoms with van der Waals surface area (Å²) in [6, 6.07) is 7.02. The van der Waals surface area contributed by atoms with E-state index in [9.17, 15) is 4.39 Å². The molecular formula is C11H16FNO. The molecule has 0 aromatic heterocycles. The van der Waals surface area contributed by atoms with Gasteiger partial charge in [0.2, 0.25) is 0 Å². The van der Waals surface area contributed by atoms with E-state index in [0.717, 1.165) is 18.7 Å². The van der Waals surface area contributed by atoms with Crippen LogP contribution in [0.4, 0.5) is 4.39 Å². The average molecular weight is 197 g/mol. The van der Waals surface area contributed by atoms with Crippen molar-refractivity contribution in [2.75, 3.05) is 19.8 Å². The topological polar surface area (TPSA) is 23.5 Å². The smallest absolute Gasteiger partial charge is 0.115 e. The highest BCUT2D eigenvalue weighted by molar-refractivity contribution is 5.25. The summed E-state index contributed by atoms with van der Waals surface area (Å²) >= 11 is 0. The Hall–Kier alpha value is -1.09. The average Bonchev–Trinajstić information content (AvgIpc) is 2.20. The van der Waals surface area contributed by atoms with Crippen LogP contribution in [-0.4, -0.2) is 29.8 Å². The summed E-state index contributed by atoms with van der Waals surface area (Å²) in [5.41, 5.74) is 1.10. The summed E-state index contributed by atoms with van der Waals surface area (Å²) in [4.78, 5) is 2.02. The molecule has 78 valence electrons. The van der Waals surface area contributed by atoms with Gasteiger partial charge >= 0.3 is 0 Å². The van der Waals surface area contributed by atoms with Crippen molar-refractivity contribution in [3.63, 3.8) is 0 Å². The first kappa shape index (κ1) is 11.0. The molecule has 0 aliphatic rings. The van der Waals surface area contributed by atoms with Gasteiger partial charge in [0.05, 0.1) is 0 Å². The lowest BCUT2D eigenvalue weighted by Crippen LogP contribution is -2.25. The highest BCUT2D eigenvalue weighted by Gasteiger charge is 2.02. The third-order valence-electron chi connectivity index (χ3n) is 2.19. The number of alkyl halides is 1. The Morgan fingerprint density at radius 2 is 1.93 bits per heavy atom. The van der Waals surface area contributed by atoms with Crippen molar-refractivity contribution < 1.29 is 9.50 Å². The molecule has 0 radical (unpaired) electrons. The molecule has 0 saturated heterocycles. The van der Waals surface area contributed by atoms with Crippen LogP contribution in [-0.2, 0) is 6.54 Å². The van der Waals surface area contributed by atoms with E-state index in [4.69, 9.17) is 5.11 Å². The lowest BCUT2D eigenvalue weighted by molar-refractivity contribution is 0.252. The van der Waals surface area contributed by atoms with Gasteiger partial charge in [0, 0.05) is 13.1 Å². The summed E-state index contributed by atoms with van der Waals surface area (Å²) in [6.07, 6.45) is 0. The molecule has 0 spiro atoms. The van der Waals surface area contributed by atoms with E-state index in [1.165, 1.54) is 0 Å². The number of rotatable bonds is 5. The van der Waals surface area contributed by atoms with E-state index in [2.05, 4.69) is 0 Å². The zero-order valence-corrected chi connectivity index (χ0v) is 8.41. The molecule has 0 unspecified atom stereocenters. The van der Waals surface area contributed by atoms with Gasteiger partial charge in [0.15, 0.2) is 0 Å². The van der Waals surface area contributed by atoms with Crippen molar-refractivity contribution in [1.29, 1.82) is 0 Å². The van der Waals surface area contributed by atoms with Gasteiger partial charge in [-0.25, -0.2) is 4.39 Å². The first-order chi connectivity index (χ1) is 6.76. The Balaban J connectivity index is 2.53. The second-order valence-corrected chi connectivity index (χ2v) is 3.22. The summed E-state index contributed by atoms with van der Waals surface area (Å²) < 4.78 is 12.1. The number of halogens is 1. The standard InChI is InChI=1S/C11H16FNO/c1-2-13(8-7-12)9-10-3-5-11(14)6-4-10/h3-6,14H,2,7-9H2,1H3. The summed E-state index contributed by atoms with van der Waals surface area (Å²) in [5.74, 6) is 0.266. The third kappa shape index (κ3) is 3.34. The molecule has 0 heterocycles. The molecule has 0 amide bonds. The number of hydrogen-bond acceptors (Lipinski definition) is 2. The van der Waals surface area contributed by atoms with Crippen LogP contribution in [0.25, 0.3) is 0 Å². The minimum absolute atomic E-state index is 0.266. The second kappa shape index (κ2) is 5.60. The minimum Gasteiger partial charge on any atom is -0.508 e. The van der Waals surface area contributed by atoms with Gasteiger partial charge in [-0.15, -0.1) is 0 Å². The SMILES string of the molecule is CCN(CCF)Cc1ccc(O)cc1. The fourth-order valence-corrected chi connectivity index (χ4v) is 1.33. The fourth-order valence-electron chi connectivity index (χ4n) is 1.33. The molecule has 1 aromatic rings. The third-order valence-corrected chi connectivity index (χ3v) is 2.19. The van der Waals surface area contributed by atoms with Crippen LogP contribution in [0.15, 0.2) is 24.3 Å². The van der Waals surface area contributed by atoms with Gasteiger partial charge in [-0.05, 0) is 24.2 Å². The minimum atomic E-state index is -0.314. The van der Waals surface area contributed by atoms with Gasteiger partial charge in [0.1, 0.15) is 12.4 Å². The fraction of sp³-hybridized carbons (Fsp3) is 0.455. The van der Waals surface area contributed by atoms with E-state index in [-0.39, 0.29) is 12.4 Å². The van der Waals surface area contributed by atoms with Crippen molar-refractivity contribution in [2.24, 2.45) is 0 Å². The van der Waals surface area contributed by atoms with Crippen molar-refractivity contribution in [3.05, 3.63) is 29.8 Å². The zero-order valence-electron chi connectivity index (χ0n) is 8.41. The molecule has 0 saturated carbocycles. The molecule has 0 bridgehead atoms. The molecule has 1 aromatic carbocycles. The first-order valence-electron chi connectivity index (χ1n) is 4.82. The van der Waals surface area contributed by atoms with Crippen LogP contribution >= 0.6 is 0 Å². The molecule has 0 aliphatic heterocycles.